The van der Waals surface area contributed by atoms with Crippen molar-refractivity contribution in [2.24, 2.45) is 0 Å². The zero-order valence-corrected chi connectivity index (χ0v) is 52.1. The molecule has 0 aliphatic carbocycles. The van der Waals surface area contributed by atoms with Gasteiger partial charge in [-0.05, 0) is 109 Å². The van der Waals surface area contributed by atoms with Gasteiger partial charge in [0, 0.05) is 6.42 Å². The lowest BCUT2D eigenvalue weighted by Crippen LogP contribution is -2.61. The average Bonchev–Trinajstić information content (AvgIpc) is 3.68. The Balaban J connectivity index is 2.65. The smallest absolute Gasteiger partial charge is 0.306 e. The highest BCUT2D eigenvalue weighted by Crippen LogP contribution is 2.26. The molecule has 0 saturated carbocycles. The van der Waals surface area contributed by atoms with Gasteiger partial charge in [0.05, 0.1) is 25.4 Å². The largest absolute Gasteiger partial charge is 0.454 e. The van der Waals surface area contributed by atoms with Crippen molar-refractivity contribution in [1.29, 1.82) is 0 Å². The van der Waals surface area contributed by atoms with Crippen molar-refractivity contribution in [3.63, 3.8) is 0 Å². The second kappa shape index (κ2) is 57.7. The van der Waals surface area contributed by atoms with E-state index in [1.165, 1.54) is 83.5 Å². The summed E-state index contributed by atoms with van der Waals surface area (Å²) in [5.41, 5.74) is 0. The molecule has 1 heterocycles. The SMILES string of the molecule is CC/C=C\C/C=C\C/C=C\C/C=C\C/C=C\C/C=C\CCCCCCCC(O)C(=O)NC(COC1OC(CO)C(O)C(O)C1OC(=O)CCCCCCCCC/C=C\C/C=C\CCCCC)C(O)/C=C/CCCCCCCCCCCC. The van der Waals surface area contributed by atoms with E-state index < -0.39 is 67.4 Å². The fourth-order valence-electron chi connectivity index (χ4n) is 9.68. The summed E-state index contributed by atoms with van der Waals surface area (Å²) in [6.07, 6.45) is 68.3. The lowest BCUT2D eigenvalue weighted by Gasteiger charge is -2.41. The summed E-state index contributed by atoms with van der Waals surface area (Å²) < 4.78 is 17.6. The fraction of sp³-hybridized carbons (Fsp3) is 0.718. The predicted octanol–water partition coefficient (Wildman–Crippen LogP) is 16.4. The molecule has 0 radical (unpaired) electrons. The first-order chi connectivity index (χ1) is 40.2. The number of aliphatic hydroxyl groups is 5. The molecule has 0 aromatic carbocycles. The number of nitrogens with one attached hydrogen (secondary N) is 1. The molecular formula is C71H121NO10. The second-order valence-corrected chi connectivity index (χ2v) is 22.5. The number of allylic oxidation sites excluding steroid dienone is 17. The number of rotatable bonds is 55. The lowest BCUT2D eigenvalue weighted by molar-refractivity contribution is -0.305. The van der Waals surface area contributed by atoms with Crippen molar-refractivity contribution >= 4 is 11.9 Å². The number of unbranched alkanes of at least 4 members (excludes halogenated alkanes) is 25. The minimum absolute atomic E-state index is 0.108. The van der Waals surface area contributed by atoms with Crippen LogP contribution in [0, 0.1) is 0 Å². The van der Waals surface area contributed by atoms with E-state index in [2.05, 4.69) is 123 Å². The van der Waals surface area contributed by atoms with E-state index >= 15 is 0 Å². The van der Waals surface area contributed by atoms with Crippen molar-refractivity contribution in [3.05, 3.63) is 109 Å². The molecule has 11 heteroatoms. The number of hydrogen-bond donors (Lipinski definition) is 6. The first-order valence-electron chi connectivity index (χ1n) is 33.2. The molecule has 1 aliphatic heterocycles. The van der Waals surface area contributed by atoms with Crippen LogP contribution in [0.5, 0.6) is 0 Å². The summed E-state index contributed by atoms with van der Waals surface area (Å²) in [6.45, 7) is 5.64. The van der Waals surface area contributed by atoms with Gasteiger partial charge in [0.1, 0.15) is 24.4 Å². The van der Waals surface area contributed by atoms with Gasteiger partial charge in [0.25, 0.3) is 0 Å². The van der Waals surface area contributed by atoms with E-state index in [-0.39, 0.29) is 19.4 Å². The van der Waals surface area contributed by atoms with Crippen LogP contribution in [-0.2, 0) is 23.8 Å². The molecule has 470 valence electrons. The third kappa shape index (κ3) is 44.8. The van der Waals surface area contributed by atoms with Crippen LogP contribution in [0.1, 0.15) is 265 Å². The van der Waals surface area contributed by atoms with Crippen LogP contribution in [0.2, 0.25) is 0 Å². The number of esters is 1. The third-order valence-electron chi connectivity index (χ3n) is 14.9. The van der Waals surface area contributed by atoms with Crippen LogP contribution in [-0.4, -0.2) is 99.6 Å². The van der Waals surface area contributed by atoms with Crippen LogP contribution in [0.15, 0.2) is 109 Å². The highest BCUT2D eigenvalue weighted by atomic mass is 16.7. The first-order valence-corrected chi connectivity index (χ1v) is 33.2. The molecule has 0 aromatic rings. The Kier molecular flexibility index (Phi) is 53.7. The molecule has 1 fully saturated rings. The number of carbonyl (C=O) groups is 2. The Morgan fingerprint density at radius 3 is 1.34 bits per heavy atom. The maximum atomic E-state index is 13.5. The van der Waals surface area contributed by atoms with Gasteiger partial charge in [-0.1, -0.05) is 259 Å². The number of hydrogen-bond acceptors (Lipinski definition) is 10. The summed E-state index contributed by atoms with van der Waals surface area (Å²) in [6, 6.07) is -1.04. The van der Waals surface area contributed by atoms with Gasteiger partial charge in [-0.2, -0.15) is 0 Å². The summed E-state index contributed by atoms with van der Waals surface area (Å²) >= 11 is 0. The Hall–Kier alpha value is -3.68. The van der Waals surface area contributed by atoms with Crippen LogP contribution in [0.4, 0.5) is 0 Å². The van der Waals surface area contributed by atoms with Crippen molar-refractivity contribution in [1.82, 2.24) is 5.32 Å². The van der Waals surface area contributed by atoms with Crippen LogP contribution >= 0.6 is 0 Å². The van der Waals surface area contributed by atoms with E-state index in [9.17, 15) is 35.1 Å². The number of amides is 1. The van der Waals surface area contributed by atoms with E-state index in [0.717, 1.165) is 135 Å². The quantitative estimate of drug-likeness (QED) is 0.0195. The van der Waals surface area contributed by atoms with Crippen LogP contribution in [0.25, 0.3) is 0 Å². The van der Waals surface area contributed by atoms with E-state index in [0.29, 0.717) is 12.8 Å². The average molecular weight is 1150 g/mol. The van der Waals surface area contributed by atoms with Gasteiger partial charge in [0.2, 0.25) is 5.91 Å². The highest BCUT2D eigenvalue weighted by molar-refractivity contribution is 5.80. The van der Waals surface area contributed by atoms with Gasteiger partial charge in [0.15, 0.2) is 12.4 Å². The molecule has 1 aliphatic rings. The van der Waals surface area contributed by atoms with Crippen molar-refractivity contribution in [3.8, 4) is 0 Å². The van der Waals surface area contributed by atoms with Gasteiger partial charge >= 0.3 is 5.97 Å². The molecule has 1 rings (SSSR count). The Labute approximate surface area is 500 Å². The van der Waals surface area contributed by atoms with Crippen molar-refractivity contribution in [2.45, 2.75) is 314 Å². The summed E-state index contributed by atoms with van der Waals surface area (Å²) in [4.78, 5) is 26.6. The minimum Gasteiger partial charge on any atom is -0.454 e. The standard InChI is InChI=1S/C71H121NO10/c1-4-7-10-13-16-19-22-25-27-29-30-31-32-33-34-35-37-38-40-43-46-49-52-55-58-64(75)70(79)72-62(63(74)57-54-51-48-45-42-24-21-18-15-12-9-6-3)61-80-71-69(68(78)67(77)65(60-73)81-71)82-66(76)59-56-53-50-47-44-41-39-36-28-26-23-20-17-14-11-8-5-2/h7,10,16-17,19-20,25-28,30-31,33-34,37-38,54,57,62-65,67-69,71,73-75,77-78H,4-6,8-9,11-15,18,21-24,29,32,35-36,39-53,55-56,58-61H2,1-3H3,(H,72,79)/b10-7-,19-16-,20-17-,27-25-,28-26-,31-30-,34-33-,38-37-,57-54+. The highest BCUT2D eigenvalue weighted by Gasteiger charge is 2.47. The molecule has 1 saturated heterocycles. The molecule has 0 spiro atoms. The second-order valence-electron chi connectivity index (χ2n) is 22.5. The van der Waals surface area contributed by atoms with E-state index in [1.807, 2.05) is 6.08 Å². The van der Waals surface area contributed by atoms with Gasteiger partial charge < -0.3 is 45.1 Å². The molecule has 6 N–H and O–H groups in total. The Morgan fingerprint density at radius 2 is 0.878 bits per heavy atom. The number of ether oxygens (including phenoxy) is 3. The maximum Gasteiger partial charge on any atom is 0.306 e. The molecule has 82 heavy (non-hydrogen) atoms. The zero-order chi connectivity index (χ0) is 59.6. The van der Waals surface area contributed by atoms with E-state index in [4.69, 9.17) is 14.2 Å². The molecule has 1 amide bonds. The lowest BCUT2D eigenvalue weighted by atomic mass is 9.99. The van der Waals surface area contributed by atoms with Gasteiger partial charge in [-0.15, -0.1) is 0 Å². The number of aliphatic hydroxyl groups excluding tert-OH is 5. The summed E-state index contributed by atoms with van der Waals surface area (Å²) in [5, 5.41) is 57.1. The molecule has 8 atom stereocenters. The third-order valence-corrected chi connectivity index (χ3v) is 14.9. The molecular weight excluding hydrogens is 1030 g/mol. The maximum absolute atomic E-state index is 13.5. The minimum atomic E-state index is -1.63. The molecule has 11 nitrogen and oxygen atoms in total. The molecule has 0 aromatic heterocycles. The van der Waals surface area contributed by atoms with Crippen molar-refractivity contribution < 1.29 is 49.3 Å². The van der Waals surface area contributed by atoms with Gasteiger partial charge in [-0.25, -0.2) is 0 Å². The Bertz CT molecular complexity index is 1750. The van der Waals surface area contributed by atoms with Crippen LogP contribution in [0.3, 0.4) is 0 Å². The monoisotopic (exact) mass is 1150 g/mol. The molecule has 0 bridgehead atoms. The topological polar surface area (TPSA) is 175 Å². The number of carbonyl (C=O) groups excluding carboxylic acids is 2. The van der Waals surface area contributed by atoms with Crippen molar-refractivity contribution in [2.75, 3.05) is 13.2 Å². The van der Waals surface area contributed by atoms with Crippen LogP contribution < -0.4 is 5.32 Å². The first kappa shape index (κ1) is 76.3. The summed E-state index contributed by atoms with van der Waals surface area (Å²) in [5.74, 6) is -1.22. The fourth-order valence-corrected chi connectivity index (χ4v) is 9.68. The predicted molar refractivity (Wildman–Crippen MR) is 342 cm³/mol. The normalized spacial score (nSPS) is 19.3. The zero-order valence-electron chi connectivity index (χ0n) is 52.1. The summed E-state index contributed by atoms with van der Waals surface area (Å²) in [7, 11) is 0. The van der Waals surface area contributed by atoms with E-state index in [1.54, 1.807) is 6.08 Å². The molecule has 8 unspecified atom stereocenters. The van der Waals surface area contributed by atoms with Gasteiger partial charge in [-0.3, -0.25) is 9.59 Å². The Morgan fingerprint density at radius 1 is 0.488 bits per heavy atom.